The molecule has 0 unspecified atom stereocenters. The van der Waals surface area contributed by atoms with Gasteiger partial charge >= 0.3 is 0 Å². The number of carbonyl (C=O) groups excluding carboxylic acids is 1. The first-order valence-electron chi connectivity index (χ1n) is 7.26. The van der Waals surface area contributed by atoms with E-state index in [0.717, 1.165) is 50.6 Å². The Morgan fingerprint density at radius 3 is 2.65 bits per heavy atom. The van der Waals surface area contributed by atoms with Crippen LogP contribution in [0.2, 0.25) is 0 Å². The Bertz CT molecular complexity index is 534. The van der Waals surface area contributed by atoms with Crippen molar-refractivity contribution in [2.75, 3.05) is 0 Å². The fraction of sp³-hybridized carbons (Fsp3) is 0.438. The highest BCUT2D eigenvalue weighted by molar-refractivity contribution is 5.73. The highest BCUT2D eigenvalue weighted by Crippen LogP contribution is 2.10. The molecular formula is C16H21N3O. The van der Waals surface area contributed by atoms with Crippen molar-refractivity contribution in [1.29, 1.82) is 0 Å². The lowest BCUT2D eigenvalue weighted by Crippen LogP contribution is -2.07. The number of aromatic nitrogens is 3. The summed E-state index contributed by atoms with van der Waals surface area (Å²) < 4.78 is 1.89. The molecule has 1 aromatic carbocycles. The van der Waals surface area contributed by atoms with E-state index in [1.54, 1.807) is 0 Å². The lowest BCUT2D eigenvalue weighted by Gasteiger charge is -2.06. The predicted octanol–water partition coefficient (Wildman–Crippen LogP) is 3.07. The van der Waals surface area contributed by atoms with Gasteiger partial charge in [-0.1, -0.05) is 48.9 Å². The van der Waals surface area contributed by atoms with Crippen LogP contribution in [0.5, 0.6) is 0 Å². The van der Waals surface area contributed by atoms with Gasteiger partial charge in [0.2, 0.25) is 0 Å². The molecule has 0 saturated carbocycles. The molecule has 0 atom stereocenters. The van der Waals surface area contributed by atoms with Crippen LogP contribution in [-0.4, -0.2) is 21.3 Å². The molecule has 0 spiro atoms. The summed E-state index contributed by atoms with van der Waals surface area (Å²) in [5, 5.41) is 8.06. The number of nitrogens with zero attached hydrogens (tertiary/aromatic N) is 3. The summed E-state index contributed by atoms with van der Waals surface area (Å²) >= 11 is 0. The minimum atomic E-state index is 0.498. The van der Waals surface area contributed by atoms with Gasteiger partial charge < -0.3 is 0 Å². The van der Waals surface area contributed by atoms with Crippen LogP contribution in [0.3, 0.4) is 0 Å². The second-order valence-electron chi connectivity index (χ2n) is 4.96. The van der Waals surface area contributed by atoms with Gasteiger partial charge in [0.05, 0.1) is 5.69 Å². The minimum Gasteiger partial charge on any atom is -0.296 e. The number of carbonyl (C=O) groups is 1. The number of rotatable bonds is 8. The van der Waals surface area contributed by atoms with E-state index in [1.165, 1.54) is 5.56 Å². The first-order valence-corrected chi connectivity index (χ1v) is 7.26. The lowest BCUT2D eigenvalue weighted by molar-refractivity contribution is 0.111. The molecule has 0 aliphatic carbocycles. The summed E-state index contributed by atoms with van der Waals surface area (Å²) in [5.41, 5.74) is 2.81. The second kappa shape index (κ2) is 7.58. The zero-order valence-electron chi connectivity index (χ0n) is 12.0. The van der Waals surface area contributed by atoms with E-state index in [0.29, 0.717) is 5.69 Å². The van der Waals surface area contributed by atoms with Gasteiger partial charge in [-0.25, -0.2) is 4.68 Å². The number of aryl methyl sites for hydroxylation is 2. The average Bonchev–Trinajstić information content (AvgIpc) is 2.88. The van der Waals surface area contributed by atoms with E-state index < -0.39 is 0 Å². The molecule has 0 aliphatic rings. The molecule has 2 rings (SSSR count). The highest BCUT2D eigenvalue weighted by Gasteiger charge is 2.11. The van der Waals surface area contributed by atoms with Crippen LogP contribution in [0.4, 0.5) is 0 Å². The van der Waals surface area contributed by atoms with Crippen molar-refractivity contribution in [3.8, 4) is 0 Å². The minimum absolute atomic E-state index is 0.498. The molecule has 2 aromatic rings. The van der Waals surface area contributed by atoms with Crippen LogP contribution in [0.25, 0.3) is 0 Å². The molecule has 0 aliphatic heterocycles. The highest BCUT2D eigenvalue weighted by atomic mass is 16.1. The molecule has 0 amide bonds. The Labute approximate surface area is 119 Å². The lowest BCUT2D eigenvalue weighted by atomic mass is 10.1. The molecule has 0 fully saturated rings. The van der Waals surface area contributed by atoms with Crippen LogP contribution < -0.4 is 0 Å². The van der Waals surface area contributed by atoms with E-state index in [4.69, 9.17) is 0 Å². The fourth-order valence-electron chi connectivity index (χ4n) is 2.30. The van der Waals surface area contributed by atoms with Gasteiger partial charge in [-0.3, -0.25) is 4.79 Å². The van der Waals surface area contributed by atoms with Gasteiger partial charge in [-0.15, -0.1) is 5.10 Å². The predicted molar refractivity (Wildman–Crippen MR) is 78.8 cm³/mol. The number of hydrogen-bond donors (Lipinski definition) is 0. The van der Waals surface area contributed by atoms with Gasteiger partial charge in [0.15, 0.2) is 6.29 Å². The van der Waals surface area contributed by atoms with Gasteiger partial charge in [-0.05, 0) is 31.2 Å². The molecule has 4 heteroatoms. The topological polar surface area (TPSA) is 47.8 Å². The molecule has 0 radical (unpaired) electrons. The van der Waals surface area contributed by atoms with E-state index >= 15 is 0 Å². The van der Waals surface area contributed by atoms with Gasteiger partial charge in [0.1, 0.15) is 5.69 Å². The van der Waals surface area contributed by atoms with E-state index in [-0.39, 0.29) is 0 Å². The Balaban J connectivity index is 1.95. The summed E-state index contributed by atoms with van der Waals surface area (Å²) in [6.07, 6.45) is 5.88. The van der Waals surface area contributed by atoms with Crippen LogP contribution in [0.15, 0.2) is 30.3 Å². The van der Waals surface area contributed by atoms with Crippen molar-refractivity contribution < 1.29 is 4.79 Å². The maximum atomic E-state index is 11.0. The number of unbranched alkanes of at least 4 members (excludes halogenated alkanes) is 1. The SMILES string of the molecule is CCCCc1c(C=O)nnn1CCCc1ccccc1. The number of benzene rings is 1. The second-order valence-corrected chi connectivity index (χ2v) is 4.96. The summed E-state index contributed by atoms with van der Waals surface area (Å²) in [6, 6.07) is 10.4. The van der Waals surface area contributed by atoms with Crippen molar-refractivity contribution in [2.24, 2.45) is 0 Å². The van der Waals surface area contributed by atoms with E-state index in [2.05, 4.69) is 41.5 Å². The molecule has 20 heavy (non-hydrogen) atoms. The molecule has 106 valence electrons. The van der Waals surface area contributed by atoms with Crippen molar-refractivity contribution in [2.45, 2.75) is 45.6 Å². The third-order valence-electron chi connectivity index (χ3n) is 3.42. The van der Waals surface area contributed by atoms with Crippen molar-refractivity contribution >= 4 is 6.29 Å². The van der Waals surface area contributed by atoms with Crippen LogP contribution in [0, 0.1) is 0 Å². The third-order valence-corrected chi connectivity index (χ3v) is 3.42. The summed E-state index contributed by atoms with van der Waals surface area (Å²) in [4.78, 5) is 11.0. The Kier molecular flexibility index (Phi) is 5.47. The molecule has 0 N–H and O–H groups in total. The summed E-state index contributed by atoms with van der Waals surface area (Å²) in [7, 11) is 0. The molecule has 1 heterocycles. The summed E-state index contributed by atoms with van der Waals surface area (Å²) in [6.45, 7) is 2.96. The van der Waals surface area contributed by atoms with Crippen LogP contribution in [-0.2, 0) is 19.4 Å². The van der Waals surface area contributed by atoms with Crippen LogP contribution in [0.1, 0.15) is 47.9 Å². The normalized spacial score (nSPS) is 10.7. The Hall–Kier alpha value is -1.97. The standard InChI is InChI=1S/C16H21N3O/c1-2-3-11-16-15(13-20)17-18-19(16)12-7-10-14-8-5-4-6-9-14/h4-6,8-9,13H,2-3,7,10-12H2,1H3. The quantitative estimate of drug-likeness (QED) is 0.693. The number of hydrogen-bond acceptors (Lipinski definition) is 3. The maximum Gasteiger partial charge on any atom is 0.172 e. The van der Waals surface area contributed by atoms with E-state index in [1.807, 2.05) is 10.7 Å². The monoisotopic (exact) mass is 271 g/mol. The first kappa shape index (κ1) is 14.4. The average molecular weight is 271 g/mol. The van der Waals surface area contributed by atoms with E-state index in [9.17, 15) is 4.79 Å². The Morgan fingerprint density at radius 2 is 1.95 bits per heavy atom. The third kappa shape index (κ3) is 3.76. The summed E-state index contributed by atoms with van der Waals surface area (Å²) in [5.74, 6) is 0. The van der Waals surface area contributed by atoms with Gasteiger partial charge in [-0.2, -0.15) is 0 Å². The number of aldehydes is 1. The van der Waals surface area contributed by atoms with Gasteiger partial charge in [0.25, 0.3) is 0 Å². The smallest absolute Gasteiger partial charge is 0.172 e. The largest absolute Gasteiger partial charge is 0.296 e. The first-order chi connectivity index (χ1) is 9.85. The molecule has 4 nitrogen and oxygen atoms in total. The van der Waals surface area contributed by atoms with Crippen molar-refractivity contribution in [3.63, 3.8) is 0 Å². The molecular weight excluding hydrogens is 250 g/mol. The fourth-order valence-corrected chi connectivity index (χ4v) is 2.30. The molecule has 1 aromatic heterocycles. The zero-order valence-corrected chi connectivity index (χ0v) is 12.0. The van der Waals surface area contributed by atoms with Crippen molar-refractivity contribution in [1.82, 2.24) is 15.0 Å². The van der Waals surface area contributed by atoms with Crippen molar-refractivity contribution in [3.05, 3.63) is 47.3 Å². The van der Waals surface area contributed by atoms with Crippen LogP contribution >= 0.6 is 0 Å². The molecule has 0 bridgehead atoms. The Morgan fingerprint density at radius 1 is 1.15 bits per heavy atom. The van der Waals surface area contributed by atoms with Gasteiger partial charge in [0, 0.05) is 6.54 Å². The molecule has 0 saturated heterocycles. The zero-order chi connectivity index (χ0) is 14.2. The maximum absolute atomic E-state index is 11.0.